The third-order valence-electron chi connectivity index (χ3n) is 6.60. The minimum absolute atomic E-state index is 0.0454. The molecule has 0 aliphatic heterocycles. The summed E-state index contributed by atoms with van der Waals surface area (Å²) in [6, 6.07) is 16.1. The van der Waals surface area contributed by atoms with Gasteiger partial charge in [0.1, 0.15) is 11.3 Å². The lowest BCUT2D eigenvalue weighted by atomic mass is 10.0. The number of imidazole rings is 1. The SMILES string of the molecule is C=C/C=N\c1c(C(=O)NC(C)c2cc3cccc(C#Cc4cncn4C)c3c(=O)n2-c2ccccc2)c(N)nn1C. The van der Waals surface area contributed by atoms with Gasteiger partial charge in [0.25, 0.3) is 11.5 Å². The zero-order chi connectivity index (χ0) is 29.1. The third-order valence-corrected chi connectivity index (χ3v) is 6.60. The summed E-state index contributed by atoms with van der Waals surface area (Å²) < 4.78 is 4.84. The van der Waals surface area contributed by atoms with Crippen LogP contribution in [0.5, 0.6) is 0 Å². The Morgan fingerprint density at radius 1 is 1.15 bits per heavy atom. The van der Waals surface area contributed by atoms with E-state index in [-0.39, 0.29) is 16.9 Å². The van der Waals surface area contributed by atoms with Crippen LogP contribution >= 0.6 is 0 Å². The smallest absolute Gasteiger partial charge is 0.264 e. The second kappa shape index (κ2) is 11.2. The third kappa shape index (κ3) is 5.16. The maximum Gasteiger partial charge on any atom is 0.264 e. The summed E-state index contributed by atoms with van der Waals surface area (Å²) in [6.45, 7) is 5.43. The lowest BCUT2D eigenvalue weighted by molar-refractivity contribution is 0.0940. The van der Waals surface area contributed by atoms with Gasteiger partial charge in [0, 0.05) is 37.3 Å². The number of anilines is 1. The number of nitrogens with two attached hydrogens (primary N) is 1. The summed E-state index contributed by atoms with van der Waals surface area (Å²) in [7, 11) is 3.51. The molecule has 5 rings (SSSR count). The van der Waals surface area contributed by atoms with Crippen molar-refractivity contribution in [1.82, 2.24) is 29.2 Å². The van der Waals surface area contributed by atoms with Crippen molar-refractivity contribution in [3.05, 3.63) is 113 Å². The molecule has 0 aliphatic rings. The maximum absolute atomic E-state index is 14.2. The van der Waals surface area contributed by atoms with Gasteiger partial charge in [0.2, 0.25) is 0 Å². The first-order chi connectivity index (χ1) is 19.8. The predicted octanol–water partition coefficient (Wildman–Crippen LogP) is 3.82. The van der Waals surface area contributed by atoms with Crippen molar-refractivity contribution in [3.8, 4) is 17.5 Å². The molecule has 41 heavy (non-hydrogen) atoms. The molecule has 204 valence electrons. The Labute approximate surface area is 236 Å². The summed E-state index contributed by atoms with van der Waals surface area (Å²) >= 11 is 0. The Balaban J connectivity index is 1.64. The van der Waals surface area contributed by atoms with Gasteiger partial charge < -0.3 is 15.6 Å². The van der Waals surface area contributed by atoms with Crippen LogP contribution in [-0.4, -0.2) is 36.0 Å². The van der Waals surface area contributed by atoms with Crippen LogP contribution in [0.3, 0.4) is 0 Å². The summed E-state index contributed by atoms with van der Waals surface area (Å²) in [4.78, 5) is 36.0. The second-order valence-corrected chi connectivity index (χ2v) is 9.37. The minimum atomic E-state index is -0.597. The van der Waals surface area contributed by atoms with Crippen molar-refractivity contribution in [2.24, 2.45) is 19.1 Å². The van der Waals surface area contributed by atoms with Crippen LogP contribution in [-0.2, 0) is 14.1 Å². The Morgan fingerprint density at radius 3 is 2.63 bits per heavy atom. The number of aliphatic imine (C=N–C) groups is 1. The minimum Gasteiger partial charge on any atom is -0.381 e. The van der Waals surface area contributed by atoms with Crippen LogP contribution < -0.4 is 16.6 Å². The molecule has 0 fully saturated rings. The molecule has 2 aromatic carbocycles. The first-order valence-electron chi connectivity index (χ1n) is 12.8. The van der Waals surface area contributed by atoms with Gasteiger partial charge in [-0.1, -0.05) is 48.9 Å². The average Bonchev–Trinajstić information content (AvgIpc) is 3.50. The van der Waals surface area contributed by atoms with Gasteiger partial charge in [-0.15, -0.1) is 0 Å². The van der Waals surface area contributed by atoms with E-state index in [0.717, 1.165) is 5.69 Å². The monoisotopic (exact) mass is 544 g/mol. The molecule has 3 aromatic heterocycles. The number of carbonyl (C=O) groups excluding carboxylic acids is 1. The number of carbonyl (C=O) groups is 1. The average molecular weight is 545 g/mol. The van der Waals surface area contributed by atoms with Gasteiger partial charge in [-0.3, -0.25) is 14.2 Å². The molecule has 1 unspecified atom stereocenters. The van der Waals surface area contributed by atoms with E-state index < -0.39 is 11.9 Å². The number of rotatable bonds is 6. The summed E-state index contributed by atoms with van der Waals surface area (Å²) in [5.41, 5.74) is 8.51. The van der Waals surface area contributed by atoms with Crippen LogP contribution in [0.15, 0.2) is 89.6 Å². The number of pyridine rings is 1. The maximum atomic E-state index is 14.2. The van der Waals surface area contributed by atoms with Gasteiger partial charge in [0.15, 0.2) is 11.6 Å². The molecular formula is C31H28N8O2. The molecule has 10 nitrogen and oxygen atoms in total. The molecule has 0 saturated heterocycles. The lowest BCUT2D eigenvalue weighted by Crippen LogP contribution is -2.32. The highest BCUT2D eigenvalue weighted by Crippen LogP contribution is 2.27. The number of hydrogen-bond acceptors (Lipinski definition) is 6. The highest BCUT2D eigenvalue weighted by atomic mass is 16.2. The molecule has 0 spiro atoms. The van der Waals surface area contributed by atoms with E-state index in [1.165, 1.54) is 17.0 Å². The number of aryl methyl sites for hydroxylation is 2. The normalized spacial score (nSPS) is 11.8. The standard InChI is InChI=1S/C31H28N8O2/c1-5-16-34-29-27(28(32)36-38(29)4)30(40)35-20(2)25-17-22-11-9-10-21(14-15-24-18-33-19-37(24)3)26(22)31(41)39(25)23-12-7-6-8-13-23/h5-13,16-20H,1H2,2-4H3,(H2,32,36)(H,35,40)/b34-16-. The van der Waals surface area contributed by atoms with Crippen molar-refractivity contribution in [3.63, 3.8) is 0 Å². The number of benzene rings is 2. The number of nitrogen functional groups attached to an aromatic ring is 1. The van der Waals surface area contributed by atoms with Crippen LogP contribution in [0.25, 0.3) is 16.5 Å². The number of aromatic nitrogens is 5. The molecule has 3 N–H and O–H groups in total. The van der Waals surface area contributed by atoms with E-state index in [2.05, 4.69) is 38.8 Å². The molecule has 0 bridgehead atoms. The second-order valence-electron chi connectivity index (χ2n) is 9.37. The molecule has 3 heterocycles. The van der Waals surface area contributed by atoms with Gasteiger partial charge in [-0.2, -0.15) is 5.10 Å². The molecule has 0 radical (unpaired) electrons. The fourth-order valence-electron chi connectivity index (χ4n) is 4.62. The van der Waals surface area contributed by atoms with E-state index in [0.29, 0.717) is 33.5 Å². The Kier molecular flexibility index (Phi) is 7.35. The van der Waals surface area contributed by atoms with E-state index >= 15 is 0 Å². The highest BCUT2D eigenvalue weighted by molar-refractivity contribution is 6.03. The zero-order valence-corrected chi connectivity index (χ0v) is 22.9. The number of amides is 1. The largest absolute Gasteiger partial charge is 0.381 e. The quantitative estimate of drug-likeness (QED) is 0.248. The highest BCUT2D eigenvalue weighted by Gasteiger charge is 2.24. The first kappa shape index (κ1) is 26.9. The fourth-order valence-corrected chi connectivity index (χ4v) is 4.62. The van der Waals surface area contributed by atoms with Crippen molar-refractivity contribution in [1.29, 1.82) is 0 Å². The van der Waals surface area contributed by atoms with Crippen molar-refractivity contribution in [2.75, 3.05) is 5.73 Å². The van der Waals surface area contributed by atoms with Crippen LogP contribution in [0, 0.1) is 11.8 Å². The number of nitrogens with one attached hydrogen (secondary N) is 1. The molecule has 5 aromatic rings. The van der Waals surface area contributed by atoms with Crippen LogP contribution in [0.4, 0.5) is 11.6 Å². The summed E-state index contributed by atoms with van der Waals surface area (Å²) in [6.07, 6.45) is 6.30. The molecular weight excluding hydrogens is 516 g/mol. The van der Waals surface area contributed by atoms with E-state index in [4.69, 9.17) is 5.73 Å². The van der Waals surface area contributed by atoms with Crippen molar-refractivity contribution >= 4 is 34.5 Å². The van der Waals surface area contributed by atoms with E-state index in [1.807, 2.05) is 73.1 Å². The van der Waals surface area contributed by atoms with Crippen LogP contribution in [0.2, 0.25) is 0 Å². The molecule has 10 heteroatoms. The predicted molar refractivity (Wildman–Crippen MR) is 161 cm³/mol. The fraction of sp³-hybridized carbons (Fsp3) is 0.129. The first-order valence-corrected chi connectivity index (χ1v) is 12.8. The molecule has 1 amide bonds. The Hall–Kier alpha value is -5.69. The van der Waals surface area contributed by atoms with E-state index in [9.17, 15) is 9.59 Å². The Morgan fingerprint density at radius 2 is 1.93 bits per heavy atom. The number of allylic oxidation sites excluding steroid dienone is 1. The molecule has 1 atom stereocenters. The zero-order valence-electron chi connectivity index (χ0n) is 22.9. The van der Waals surface area contributed by atoms with Gasteiger partial charge in [-0.25, -0.2) is 14.7 Å². The number of hydrogen-bond donors (Lipinski definition) is 2. The van der Waals surface area contributed by atoms with E-state index in [1.54, 1.807) is 24.1 Å². The van der Waals surface area contributed by atoms with Gasteiger partial charge >= 0.3 is 0 Å². The lowest BCUT2D eigenvalue weighted by Gasteiger charge is -2.21. The Bertz CT molecular complexity index is 1930. The topological polar surface area (TPSA) is 125 Å². The van der Waals surface area contributed by atoms with Gasteiger partial charge in [-0.05, 0) is 42.5 Å². The molecule has 0 saturated carbocycles. The summed E-state index contributed by atoms with van der Waals surface area (Å²) in [5.74, 6) is 6.12. The number of para-hydroxylation sites is 1. The number of fused-ring (bicyclic) bond motifs is 1. The van der Waals surface area contributed by atoms with Crippen LogP contribution in [0.1, 0.15) is 40.3 Å². The van der Waals surface area contributed by atoms with Gasteiger partial charge in [0.05, 0.1) is 24.0 Å². The number of nitrogens with zero attached hydrogens (tertiary/aromatic N) is 6. The van der Waals surface area contributed by atoms with Crippen molar-refractivity contribution in [2.45, 2.75) is 13.0 Å². The summed E-state index contributed by atoms with van der Waals surface area (Å²) in [5, 5.41) is 8.31. The molecule has 0 aliphatic carbocycles. The van der Waals surface area contributed by atoms with Crippen molar-refractivity contribution < 1.29 is 4.79 Å².